The molecule has 5 atom stereocenters. The van der Waals surface area contributed by atoms with Gasteiger partial charge in [-0.2, -0.15) is 5.10 Å². The van der Waals surface area contributed by atoms with Crippen LogP contribution < -0.4 is 16.5 Å². The molecule has 2 aliphatic heterocycles. The van der Waals surface area contributed by atoms with Crippen molar-refractivity contribution in [2.75, 3.05) is 18.7 Å². The predicted octanol–water partition coefficient (Wildman–Crippen LogP) is -1.35. The summed E-state index contributed by atoms with van der Waals surface area (Å²) in [5, 5.41) is 27.5. The summed E-state index contributed by atoms with van der Waals surface area (Å²) >= 11 is 0. The lowest BCUT2D eigenvalue weighted by atomic mass is 10.1. The van der Waals surface area contributed by atoms with Gasteiger partial charge in [0.25, 0.3) is 0 Å². The number of nitrogens with zero attached hydrogens (tertiary/aromatic N) is 5. The monoisotopic (exact) mass is 419 g/mol. The van der Waals surface area contributed by atoms with Crippen molar-refractivity contribution < 1.29 is 24.5 Å². The van der Waals surface area contributed by atoms with Gasteiger partial charge in [-0.25, -0.2) is 15.0 Å². The maximum Gasteiger partial charge on any atom is 0.323 e. The van der Waals surface area contributed by atoms with Crippen LogP contribution in [0, 0.1) is 5.92 Å². The topological polar surface area (TPSA) is 174 Å². The molecule has 12 nitrogen and oxygen atoms in total. The zero-order chi connectivity index (χ0) is 21.7. The van der Waals surface area contributed by atoms with Crippen LogP contribution in [-0.4, -0.2) is 74.6 Å². The van der Waals surface area contributed by atoms with Crippen molar-refractivity contribution in [2.24, 2.45) is 22.5 Å². The van der Waals surface area contributed by atoms with Crippen molar-refractivity contribution >= 4 is 28.7 Å². The summed E-state index contributed by atoms with van der Waals surface area (Å²) in [6, 6.07) is -0.781. The third-order valence-corrected chi connectivity index (χ3v) is 5.42. The van der Waals surface area contributed by atoms with Crippen LogP contribution in [0.15, 0.2) is 17.6 Å². The number of amidine groups is 1. The van der Waals surface area contributed by atoms with Gasteiger partial charge in [0.05, 0.1) is 5.39 Å². The van der Waals surface area contributed by atoms with Gasteiger partial charge in [0.1, 0.15) is 42.9 Å². The Hall–Kier alpha value is -2.80. The maximum absolute atomic E-state index is 12.0. The number of carbonyl (C=O) groups excluding carboxylic acids is 1. The minimum absolute atomic E-state index is 0.0940. The number of hydrogen-bond acceptors (Lipinski definition) is 11. The van der Waals surface area contributed by atoms with E-state index in [2.05, 4.69) is 15.1 Å². The minimum atomic E-state index is -1.29. The van der Waals surface area contributed by atoms with Gasteiger partial charge in [0.15, 0.2) is 17.9 Å². The normalized spacial score (nSPS) is 26.9. The lowest BCUT2D eigenvalue weighted by Crippen LogP contribution is -2.40. The molecule has 2 aromatic rings. The minimum Gasteiger partial charge on any atom is -0.462 e. The summed E-state index contributed by atoms with van der Waals surface area (Å²) in [4.78, 5) is 20.5. The van der Waals surface area contributed by atoms with Gasteiger partial charge in [-0.15, -0.1) is 0 Å². The van der Waals surface area contributed by atoms with Crippen molar-refractivity contribution in [3.8, 4) is 0 Å². The van der Waals surface area contributed by atoms with E-state index in [1.165, 1.54) is 11.3 Å². The first-order chi connectivity index (χ1) is 14.2. The molecule has 6 N–H and O–H groups in total. The third-order valence-electron chi connectivity index (χ3n) is 5.42. The van der Waals surface area contributed by atoms with E-state index in [0.717, 1.165) is 0 Å². The highest BCUT2D eigenvalue weighted by Gasteiger charge is 2.45. The standard InChI is InChI=1S/C18H25N7O5/c1-7(2)11(19)18(28)29-5-9-12(26)13(27)17(30-9)25-4-8-10-15(21-6-22-16(10)25)24(3)23-14(8)20/h4,6-7,9,11-13,17,26-27H,5,19H2,1-3H3,(H2,20,23)/t9-,11-,12-,13-,17-/m1/s1. The van der Waals surface area contributed by atoms with Gasteiger partial charge in [-0.05, 0) is 5.92 Å². The Balaban J connectivity index is 1.60. The smallest absolute Gasteiger partial charge is 0.323 e. The highest BCUT2D eigenvalue weighted by atomic mass is 16.6. The van der Waals surface area contributed by atoms with Crippen LogP contribution in [0.3, 0.4) is 0 Å². The van der Waals surface area contributed by atoms with Crippen molar-refractivity contribution in [3.63, 3.8) is 0 Å². The molecule has 12 heteroatoms. The number of hydrazone groups is 1. The zero-order valence-electron chi connectivity index (χ0n) is 16.8. The van der Waals surface area contributed by atoms with Crippen LogP contribution in [0.5, 0.6) is 0 Å². The van der Waals surface area contributed by atoms with Crippen LogP contribution in [0.25, 0.3) is 11.0 Å². The largest absolute Gasteiger partial charge is 0.462 e. The lowest BCUT2D eigenvalue weighted by molar-refractivity contribution is -0.152. The Morgan fingerprint density at radius 1 is 1.33 bits per heavy atom. The fourth-order valence-corrected chi connectivity index (χ4v) is 3.59. The van der Waals surface area contributed by atoms with Gasteiger partial charge in [0.2, 0.25) is 0 Å². The number of aliphatic hydroxyl groups is 2. The number of ether oxygens (including phenoxy) is 2. The molecule has 2 aliphatic rings. The Bertz CT molecular complexity index is 1010. The SMILES string of the molecule is CC(C)[C@@H](N)C(=O)OC[C@H]1O[C@@H](n2cc3c4c(ncnc42)N(C)N=C3N)[C@H](O)[C@@H]1O. The highest BCUT2D eigenvalue weighted by Crippen LogP contribution is 2.37. The first kappa shape index (κ1) is 20.5. The Kier molecular flexibility index (Phi) is 5.10. The number of hydrogen-bond donors (Lipinski definition) is 4. The molecule has 4 rings (SSSR count). The average Bonchev–Trinajstić information content (AvgIpc) is 3.23. The van der Waals surface area contributed by atoms with Crippen molar-refractivity contribution in [3.05, 3.63) is 18.1 Å². The molecule has 4 heterocycles. The molecule has 0 spiro atoms. The van der Waals surface area contributed by atoms with E-state index in [0.29, 0.717) is 22.4 Å². The number of rotatable bonds is 5. The van der Waals surface area contributed by atoms with Crippen LogP contribution in [0.2, 0.25) is 0 Å². The average molecular weight is 419 g/mol. The summed E-state index contributed by atoms with van der Waals surface area (Å²) in [5.41, 5.74) is 12.9. The van der Waals surface area contributed by atoms with Gasteiger partial charge in [-0.3, -0.25) is 4.79 Å². The molecule has 1 saturated heterocycles. The second-order valence-electron chi connectivity index (χ2n) is 7.80. The summed E-state index contributed by atoms with van der Waals surface area (Å²) < 4.78 is 12.6. The molecule has 0 aliphatic carbocycles. The number of esters is 1. The Labute approximate surface area is 172 Å². The first-order valence-corrected chi connectivity index (χ1v) is 9.58. The highest BCUT2D eigenvalue weighted by molar-refractivity contribution is 6.13. The van der Waals surface area contributed by atoms with E-state index in [9.17, 15) is 15.0 Å². The third kappa shape index (κ3) is 3.17. The molecule has 0 unspecified atom stereocenters. The number of aliphatic hydroxyl groups excluding tert-OH is 2. The molecule has 0 saturated carbocycles. The molecule has 0 radical (unpaired) electrons. The lowest BCUT2D eigenvalue weighted by Gasteiger charge is -2.19. The van der Waals surface area contributed by atoms with Gasteiger partial charge < -0.3 is 35.7 Å². The summed E-state index contributed by atoms with van der Waals surface area (Å²) in [7, 11) is 1.71. The molecule has 0 bridgehead atoms. The predicted molar refractivity (Wildman–Crippen MR) is 106 cm³/mol. The number of aromatic nitrogens is 3. The first-order valence-electron chi connectivity index (χ1n) is 9.58. The van der Waals surface area contributed by atoms with E-state index < -0.39 is 36.6 Å². The van der Waals surface area contributed by atoms with Crippen LogP contribution in [-0.2, 0) is 14.3 Å². The Morgan fingerprint density at radius 3 is 2.77 bits per heavy atom. The summed E-state index contributed by atoms with van der Waals surface area (Å²) in [6.07, 6.45) is -1.45. The van der Waals surface area contributed by atoms with Crippen LogP contribution in [0.4, 0.5) is 5.82 Å². The fourth-order valence-electron chi connectivity index (χ4n) is 3.59. The number of anilines is 1. The molecular formula is C18H25N7O5. The maximum atomic E-state index is 12.0. The second-order valence-corrected chi connectivity index (χ2v) is 7.80. The second kappa shape index (κ2) is 7.47. The van der Waals surface area contributed by atoms with E-state index in [4.69, 9.17) is 20.9 Å². The quantitative estimate of drug-likeness (QED) is 0.424. The van der Waals surface area contributed by atoms with Gasteiger partial charge in [0, 0.05) is 18.8 Å². The molecule has 162 valence electrons. The number of nitrogens with two attached hydrogens (primary N) is 2. The molecule has 0 aromatic carbocycles. The molecule has 30 heavy (non-hydrogen) atoms. The van der Waals surface area contributed by atoms with Crippen LogP contribution in [0.1, 0.15) is 25.6 Å². The molecule has 0 amide bonds. The van der Waals surface area contributed by atoms with Crippen molar-refractivity contribution in [1.29, 1.82) is 0 Å². The van der Waals surface area contributed by atoms with E-state index >= 15 is 0 Å². The Morgan fingerprint density at radius 2 is 2.07 bits per heavy atom. The summed E-state index contributed by atoms with van der Waals surface area (Å²) in [5.74, 6) is 0.139. The van der Waals surface area contributed by atoms with Crippen LogP contribution >= 0.6 is 0 Å². The van der Waals surface area contributed by atoms with Gasteiger partial charge in [-0.1, -0.05) is 13.8 Å². The van der Waals surface area contributed by atoms with Gasteiger partial charge >= 0.3 is 5.97 Å². The van der Waals surface area contributed by atoms with Crippen molar-refractivity contribution in [1.82, 2.24) is 14.5 Å². The zero-order valence-corrected chi connectivity index (χ0v) is 16.8. The summed E-state index contributed by atoms with van der Waals surface area (Å²) in [6.45, 7) is 3.36. The van der Waals surface area contributed by atoms with E-state index in [1.807, 2.05) is 0 Å². The molecule has 2 aromatic heterocycles. The van der Waals surface area contributed by atoms with E-state index in [1.54, 1.807) is 31.7 Å². The number of carbonyl (C=O) groups is 1. The molecule has 1 fully saturated rings. The van der Waals surface area contributed by atoms with E-state index in [-0.39, 0.29) is 18.4 Å². The fraction of sp³-hybridized carbons (Fsp3) is 0.556. The van der Waals surface area contributed by atoms with Crippen molar-refractivity contribution in [2.45, 2.75) is 44.4 Å². The molecular weight excluding hydrogens is 394 g/mol.